The summed E-state index contributed by atoms with van der Waals surface area (Å²) in [6, 6.07) is 1.90. The van der Waals surface area contributed by atoms with E-state index in [9.17, 15) is 9.59 Å². The van der Waals surface area contributed by atoms with Gasteiger partial charge in [-0.25, -0.2) is 0 Å². The molecule has 1 saturated carbocycles. The van der Waals surface area contributed by atoms with Gasteiger partial charge in [-0.05, 0) is 26.0 Å². The summed E-state index contributed by atoms with van der Waals surface area (Å²) in [5.74, 6) is -0.179. The number of hydrogen-bond acceptors (Lipinski definition) is 4. The van der Waals surface area contributed by atoms with Crippen LogP contribution >= 0.6 is 34.5 Å². The maximum Gasteiger partial charge on any atom is 0.234 e. The molecule has 1 N–H and O–H groups in total. The fourth-order valence-corrected chi connectivity index (χ4v) is 3.16. The van der Waals surface area contributed by atoms with Crippen molar-refractivity contribution in [2.24, 2.45) is 0 Å². The molecule has 2 rings (SSSR count). The zero-order valence-corrected chi connectivity index (χ0v) is 12.7. The predicted octanol–water partition coefficient (Wildman–Crippen LogP) is 2.45. The van der Waals surface area contributed by atoms with E-state index in [-0.39, 0.29) is 24.8 Å². The number of likely N-dealkylation sites (N-methyl/N-ethyl adjacent to an activating group) is 1. The van der Waals surface area contributed by atoms with Gasteiger partial charge in [0.1, 0.15) is 4.34 Å². The fraction of sp³-hybridized carbons (Fsp3) is 0.500. The molecule has 1 fully saturated rings. The van der Waals surface area contributed by atoms with Crippen LogP contribution in [0.5, 0.6) is 0 Å². The molecule has 0 radical (unpaired) electrons. The summed E-state index contributed by atoms with van der Waals surface area (Å²) in [5.41, 5.74) is 0.422. The Morgan fingerprint density at radius 1 is 1.42 bits per heavy atom. The molecule has 0 atom stereocenters. The Balaban J connectivity index is 1.83. The SMILES string of the molecule is CN(CC(=O)NC1CC1)CC(=O)c1cc(Cl)sc1Cl. The van der Waals surface area contributed by atoms with Gasteiger partial charge in [-0.3, -0.25) is 14.5 Å². The lowest BCUT2D eigenvalue weighted by Gasteiger charge is -2.15. The summed E-state index contributed by atoms with van der Waals surface area (Å²) in [7, 11) is 1.73. The number of carbonyl (C=O) groups excluding carboxylic acids is 2. The topological polar surface area (TPSA) is 49.4 Å². The molecular formula is C12H14Cl2N2O2S. The van der Waals surface area contributed by atoms with Gasteiger partial charge in [0.05, 0.1) is 23.0 Å². The molecule has 19 heavy (non-hydrogen) atoms. The highest BCUT2D eigenvalue weighted by atomic mass is 35.5. The van der Waals surface area contributed by atoms with Crippen molar-refractivity contribution in [3.63, 3.8) is 0 Å². The number of rotatable bonds is 6. The number of thiophene rings is 1. The number of Topliss-reactive ketones (excluding diaryl/α,β-unsaturated/α-hetero) is 1. The third-order valence-electron chi connectivity index (χ3n) is 2.73. The molecule has 1 heterocycles. The number of nitrogens with zero attached hydrogens (tertiary/aromatic N) is 1. The van der Waals surface area contributed by atoms with E-state index in [1.165, 1.54) is 11.3 Å². The van der Waals surface area contributed by atoms with Crippen LogP contribution in [0.4, 0.5) is 0 Å². The van der Waals surface area contributed by atoms with Crippen LogP contribution in [-0.4, -0.2) is 42.8 Å². The summed E-state index contributed by atoms with van der Waals surface area (Å²) in [5, 5.41) is 2.88. The second-order valence-corrected chi connectivity index (χ2v) is 6.96. The number of nitrogens with one attached hydrogen (secondary N) is 1. The fourth-order valence-electron chi connectivity index (χ4n) is 1.66. The highest BCUT2D eigenvalue weighted by Gasteiger charge is 2.24. The minimum Gasteiger partial charge on any atom is -0.352 e. The summed E-state index contributed by atoms with van der Waals surface area (Å²) in [6.45, 7) is 0.350. The van der Waals surface area contributed by atoms with E-state index < -0.39 is 0 Å². The van der Waals surface area contributed by atoms with E-state index in [2.05, 4.69) is 5.32 Å². The average Bonchev–Trinajstić information content (AvgIpc) is 3.02. The van der Waals surface area contributed by atoms with Gasteiger partial charge < -0.3 is 5.32 Å². The standard InChI is InChI=1S/C12H14Cl2N2O2S/c1-16(6-11(18)15-7-2-3-7)5-9(17)8-4-10(13)19-12(8)14/h4,7H,2-3,5-6H2,1H3,(H,15,18). The molecule has 0 unspecified atom stereocenters. The van der Waals surface area contributed by atoms with E-state index in [4.69, 9.17) is 23.2 Å². The van der Waals surface area contributed by atoms with Crippen LogP contribution < -0.4 is 5.32 Å². The number of hydrogen-bond donors (Lipinski definition) is 1. The Labute approximate surface area is 125 Å². The molecule has 0 aliphatic heterocycles. The molecule has 0 saturated heterocycles. The Morgan fingerprint density at radius 2 is 2.11 bits per heavy atom. The third kappa shape index (κ3) is 4.45. The quantitative estimate of drug-likeness (QED) is 0.819. The molecule has 7 heteroatoms. The normalized spacial score (nSPS) is 14.7. The smallest absolute Gasteiger partial charge is 0.234 e. The van der Waals surface area contributed by atoms with E-state index in [1.807, 2.05) is 0 Å². The van der Waals surface area contributed by atoms with Crippen LogP contribution in [0.2, 0.25) is 8.67 Å². The number of ketones is 1. The molecule has 104 valence electrons. The Kier molecular flexibility index (Phi) is 4.84. The maximum absolute atomic E-state index is 12.0. The van der Waals surface area contributed by atoms with Crippen LogP contribution in [0, 0.1) is 0 Å². The highest BCUT2D eigenvalue weighted by molar-refractivity contribution is 7.20. The Hall–Kier alpha value is -0.620. The van der Waals surface area contributed by atoms with Crippen molar-refractivity contribution in [2.45, 2.75) is 18.9 Å². The molecule has 1 aromatic rings. The monoisotopic (exact) mass is 320 g/mol. The van der Waals surface area contributed by atoms with Crippen molar-refractivity contribution in [3.05, 3.63) is 20.3 Å². The lowest BCUT2D eigenvalue weighted by molar-refractivity contribution is -0.121. The van der Waals surface area contributed by atoms with Crippen LogP contribution in [0.3, 0.4) is 0 Å². The first-order valence-corrected chi connectivity index (χ1v) is 7.49. The van der Waals surface area contributed by atoms with Gasteiger partial charge in [-0.15, -0.1) is 11.3 Å². The average molecular weight is 321 g/mol. The van der Waals surface area contributed by atoms with Gasteiger partial charge >= 0.3 is 0 Å². The van der Waals surface area contributed by atoms with Gasteiger partial charge in [0.2, 0.25) is 5.91 Å². The lowest BCUT2D eigenvalue weighted by Crippen LogP contribution is -2.38. The second kappa shape index (κ2) is 6.22. The molecule has 1 amide bonds. The minimum absolute atomic E-state index is 0.0488. The van der Waals surface area contributed by atoms with Gasteiger partial charge in [0, 0.05) is 6.04 Å². The van der Waals surface area contributed by atoms with Gasteiger partial charge in [0.15, 0.2) is 5.78 Å². The van der Waals surface area contributed by atoms with Crippen molar-refractivity contribution < 1.29 is 9.59 Å². The lowest BCUT2D eigenvalue weighted by atomic mass is 10.2. The zero-order chi connectivity index (χ0) is 14.0. The maximum atomic E-state index is 12.0. The van der Waals surface area contributed by atoms with Crippen LogP contribution in [0.25, 0.3) is 0 Å². The van der Waals surface area contributed by atoms with E-state index in [0.29, 0.717) is 20.3 Å². The van der Waals surface area contributed by atoms with Crippen molar-refractivity contribution in [2.75, 3.05) is 20.1 Å². The predicted molar refractivity (Wildman–Crippen MR) is 77.3 cm³/mol. The van der Waals surface area contributed by atoms with Crippen molar-refractivity contribution in [1.29, 1.82) is 0 Å². The molecule has 1 aromatic heterocycles. The summed E-state index contributed by atoms with van der Waals surface area (Å²) in [6.07, 6.45) is 2.11. The van der Waals surface area contributed by atoms with Gasteiger partial charge in [-0.2, -0.15) is 0 Å². The van der Waals surface area contributed by atoms with Crippen molar-refractivity contribution in [1.82, 2.24) is 10.2 Å². The van der Waals surface area contributed by atoms with Gasteiger partial charge in [-0.1, -0.05) is 23.2 Å². The zero-order valence-electron chi connectivity index (χ0n) is 10.4. The first-order chi connectivity index (χ1) is 8.95. The summed E-state index contributed by atoms with van der Waals surface area (Å²) < 4.78 is 0.883. The van der Waals surface area contributed by atoms with Crippen LogP contribution in [0.1, 0.15) is 23.2 Å². The van der Waals surface area contributed by atoms with E-state index in [0.717, 1.165) is 12.8 Å². The molecule has 0 aromatic carbocycles. The van der Waals surface area contributed by atoms with Crippen molar-refractivity contribution >= 4 is 46.2 Å². The second-order valence-electron chi connectivity index (χ2n) is 4.68. The minimum atomic E-state index is -0.130. The largest absolute Gasteiger partial charge is 0.352 e. The number of carbonyl (C=O) groups is 2. The molecule has 1 aliphatic rings. The number of halogens is 2. The molecular weight excluding hydrogens is 307 g/mol. The van der Waals surface area contributed by atoms with E-state index in [1.54, 1.807) is 18.0 Å². The summed E-state index contributed by atoms with van der Waals surface area (Å²) in [4.78, 5) is 25.2. The van der Waals surface area contributed by atoms with Crippen LogP contribution in [0.15, 0.2) is 6.07 Å². The molecule has 1 aliphatic carbocycles. The Morgan fingerprint density at radius 3 is 2.63 bits per heavy atom. The molecule has 4 nitrogen and oxygen atoms in total. The van der Waals surface area contributed by atoms with E-state index >= 15 is 0 Å². The first kappa shape index (κ1) is 14.8. The summed E-state index contributed by atoms with van der Waals surface area (Å²) >= 11 is 12.9. The van der Waals surface area contributed by atoms with Crippen LogP contribution in [-0.2, 0) is 4.79 Å². The third-order valence-corrected chi connectivity index (χ3v) is 4.21. The molecule has 0 spiro atoms. The van der Waals surface area contributed by atoms with Gasteiger partial charge in [0.25, 0.3) is 0 Å². The first-order valence-electron chi connectivity index (χ1n) is 5.91. The van der Waals surface area contributed by atoms with Crippen molar-refractivity contribution in [3.8, 4) is 0 Å². The molecule has 0 bridgehead atoms. The number of amides is 1. The Bertz CT molecular complexity index is 500. The highest BCUT2D eigenvalue weighted by Crippen LogP contribution is 2.31.